The largest absolute Gasteiger partial charge is 0.352 e. The molecule has 1 atom stereocenters. The average Bonchev–Trinajstić information content (AvgIpc) is 2.80. The van der Waals surface area contributed by atoms with Crippen molar-refractivity contribution in [3.8, 4) is 0 Å². The summed E-state index contributed by atoms with van der Waals surface area (Å²) in [6.07, 6.45) is 2.70. The second-order valence-electron chi connectivity index (χ2n) is 5.48. The quantitative estimate of drug-likeness (QED) is 0.851. The van der Waals surface area contributed by atoms with E-state index in [-0.39, 0.29) is 11.9 Å². The van der Waals surface area contributed by atoms with E-state index in [4.69, 9.17) is 0 Å². The van der Waals surface area contributed by atoms with Crippen molar-refractivity contribution in [1.29, 1.82) is 0 Å². The highest BCUT2D eigenvalue weighted by Crippen LogP contribution is 2.17. The van der Waals surface area contributed by atoms with Gasteiger partial charge in [-0.15, -0.1) is 0 Å². The molecule has 20 heavy (non-hydrogen) atoms. The topological polar surface area (TPSA) is 51.1 Å². The van der Waals surface area contributed by atoms with Crippen LogP contribution in [0.25, 0.3) is 10.9 Å². The van der Waals surface area contributed by atoms with E-state index in [1.807, 2.05) is 35.9 Å². The van der Waals surface area contributed by atoms with Gasteiger partial charge in [0, 0.05) is 28.7 Å². The second kappa shape index (κ2) is 5.90. The van der Waals surface area contributed by atoms with Gasteiger partial charge in [-0.1, -0.05) is 13.8 Å². The molecule has 1 unspecified atom stereocenters. The molecule has 0 fully saturated rings. The van der Waals surface area contributed by atoms with Gasteiger partial charge >= 0.3 is 0 Å². The van der Waals surface area contributed by atoms with Crippen LogP contribution in [0.5, 0.6) is 0 Å². The van der Waals surface area contributed by atoms with Crippen LogP contribution < -0.4 is 5.32 Å². The predicted octanol–water partition coefficient (Wildman–Crippen LogP) is 2.61. The number of aromatic nitrogens is 1. The van der Waals surface area contributed by atoms with Crippen LogP contribution in [-0.2, 0) is 11.3 Å². The maximum atomic E-state index is 12.0. The fourth-order valence-corrected chi connectivity index (χ4v) is 2.05. The van der Waals surface area contributed by atoms with Gasteiger partial charge in [0.1, 0.15) is 12.8 Å². The van der Waals surface area contributed by atoms with Crippen LogP contribution in [0, 0.1) is 5.92 Å². The number of nitrogens with one attached hydrogen (secondary N) is 1. The predicted molar refractivity (Wildman–Crippen MR) is 79.8 cm³/mol. The van der Waals surface area contributed by atoms with Crippen LogP contribution in [0.3, 0.4) is 0 Å². The molecule has 1 heterocycles. The highest BCUT2D eigenvalue weighted by atomic mass is 16.2. The third-order valence-corrected chi connectivity index (χ3v) is 3.63. The number of nitrogens with zero attached hydrogens (tertiary/aromatic N) is 1. The Balaban J connectivity index is 2.14. The summed E-state index contributed by atoms with van der Waals surface area (Å²) in [6, 6.07) is 7.54. The smallest absolute Gasteiger partial charge is 0.240 e. The van der Waals surface area contributed by atoms with Crippen LogP contribution in [0.15, 0.2) is 30.5 Å². The molecule has 0 aliphatic carbocycles. The zero-order valence-corrected chi connectivity index (χ0v) is 12.1. The molecule has 1 amide bonds. The Morgan fingerprint density at radius 2 is 2.05 bits per heavy atom. The third kappa shape index (κ3) is 3.07. The minimum absolute atomic E-state index is 0.00293. The van der Waals surface area contributed by atoms with Crippen molar-refractivity contribution in [3.63, 3.8) is 0 Å². The number of carbonyl (C=O) groups excluding carboxylic acids is 2. The number of aldehydes is 1. The van der Waals surface area contributed by atoms with Gasteiger partial charge in [-0.2, -0.15) is 0 Å². The monoisotopic (exact) mass is 272 g/mol. The zero-order valence-electron chi connectivity index (χ0n) is 12.1. The minimum Gasteiger partial charge on any atom is -0.352 e. The Labute approximate surface area is 118 Å². The number of fused-ring (bicyclic) bond motifs is 1. The minimum atomic E-state index is 0.00293. The number of amides is 1. The van der Waals surface area contributed by atoms with Crippen molar-refractivity contribution >= 4 is 23.1 Å². The van der Waals surface area contributed by atoms with Gasteiger partial charge in [0.2, 0.25) is 5.91 Å². The van der Waals surface area contributed by atoms with E-state index in [1.165, 1.54) is 0 Å². The molecule has 1 N–H and O–H groups in total. The summed E-state index contributed by atoms with van der Waals surface area (Å²) in [5, 5.41) is 3.96. The van der Waals surface area contributed by atoms with Gasteiger partial charge in [-0.25, -0.2) is 0 Å². The summed E-state index contributed by atoms with van der Waals surface area (Å²) in [4.78, 5) is 22.8. The van der Waals surface area contributed by atoms with Crippen LogP contribution in [0.2, 0.25) is 0 Å². The first-order chi connectivity index (χ1) is 9.51. The Hall–Kier alpha value is -2.10. The van der Waals surface area contributed by atoms with E-state index in [0.717, 1.165) is 17.2 Å². The first-order valence-electron chi connectivity index (χ1n) is 6.84. The molecule has 0 aliphatic rings. The van der Waals surface area contributed by atoms with Crippen molar-refractivity contribution in [3.05, 3.63) is 36.0 Å². The van der Waals surface area contributed by atoms with Crippen molar-refractivity contribution in [2.24, 2.45) is 5.92 Å². The molecule has 0 saturated carbocycles. The molecule has 4 heteroatoms. The van der Waals surface area contributed by atoms with Gasteiger partial charge in [-0.05, 0) is 37.1 Å². The lowest BCUT2D eigenvalue weighted by Crippen LogP contribution is -2.38. The van der Waals surface area contributed by atoms with Gasteiger partial charge in [0.25, 0.3) is 0 Å². The fourth-order valence-electron chi connectivity index (χ4n) is 2.05. The number of benzene rings is 1. The van der Waals surface area contributed by atoms with Gasteiger partial charge < -0.3 is 9.88 Å². The molecule has 0 saturated heterocycles. The Bertz CT molecular complexity index is 628. The maximum absolute atomic E-state index is 12.0. The van der Waals surface area contributed by atoms with Crippen molar-refractivity contribution in [2.45, 2.75) is 33.4 Å². The standard InChI is InChI=1S/C16H20N2O2/c1-11(2)12(3)17-16(20)9-18-7-6-14-8-13(10-19)4-5-15(14)18/h4-8,10-12H,9H2,1-3H3,(H,17,20). The van der Waals surface area contributed by atoms with Gasteiger partial charge in [-0.3, -0.25) is 9.59 Å². The molecule has 1 aromatic carbocycles. The molecule has 1 aromatic heterocycles. The average molecular weight is 272 g/mol. The van der Waals surface area contributed by atoms with E-state index < -0.39 is 0 Å². The molecular formula is C16H20N2O2. The third-order valence-electron chi connectivity index (χ3n) is 3.63. The first-order valence-corrected chi connectivity index (χ1v) is 6.84. The first kappa shape index (κ1) is 14.3. The number of hydrogen-bond donors (Lipinski definition) is 1. The second-order valence-corrected chi connectivity index (χ2v) is 5.48. The summed E-state index contributed by atoms with van der Waals surface area (Å²) in [6.45, 7) is 6.46. The zero-order chi connectivity index (χ0) is 14.7. The number of carbonyl (C=O) groups is 2. The van der Waals surface area contributed by atoms with E-state index in [0.29, 0.717) is 18.0 Å². The van der Waals surface area contributed by atoms with Crippen molar-refractivity contribution < 1.29 is 9.59 Å². The van der Waals surface area contributed by atoms with Crippen LogP contribution in [0.4, 0.5) is 0 Å². The van der Waals surface area contributed by atoms with E-state index in [1.54, 1.807) is 6.07 Å². The summed E-state index contributed by atoms with van der Waals surface area (Å²) in [5.74, 6) is 0.415. The van der Waals surface area contributed by atoms with E-state index >= 15 is 0 Å². The van der Waals surface area contributed by atoms with Crippen LogP contribution >= 0.6 is 0 Å². The molecule has 2 aromatic rings. The van der Waals surface area contributed by atoms with E-state index in [2.05, 4.69) is 19.2 Å². The molecule has 0 radical (unpaired) electrons. The Morgan fingerprint density at radius 1 is 1.30 bits per heavy atom. The summed E-state index contributed by atoms with van der Waals surface area (Å²) in [7, 11) is 0. The SMILES string of the molecule is CC(C)C(C)NC(=O)Cn1ccc2cc(C=O)ccc21. The molecular weight excluding hydrogens is 252 g/mol. The maximum Gasteiger partial charge on any atom is 0.240 e. The van der Waals surface area contributed by atoms with E-state index in [9.17, 15) is 9.59 Å². The molecule has 0 bridgehead atoms. The van der Waals surface area contributed by atoms with Gasteiger partial charge in [0.15, 0.2) is 0 Å². The lowest BCUT2D eigenvalue weighted by molar-refractivity contribution is -0.122. The Morgan fingerprint density at radius 3 is 2.70 bits per heavy atom. The summed E-state index contributed by atoms with van der Waals surface area (Å²) < 4.78 is 1.90. The van der Waals surface area contributed by atoms with Crippen LogP contribution in [0.1, 0.15) is 31.1 Å². The molecule has 2 rings (SSSR count). The van der Waals surface area contributed by atoms with Crippen molar-refractivity contribution in [1.82, 2.24) is 9.88 Å². The molecule has 4 nitrogen and oxygen atoms in total. The highest BCUT2D eigenvalue weighted by Gasteiger charge is 2.12. The lowest BCUT2D eigenvalue weighted by Gasteiger charge is -2.17. The highest BCUT2D eigenvalue weighted by molar-refractivity contribution is 5.88. The normalized spacial score (nSPS) is 12.6. The molecule has 0 spiro atoms. The fraction of sp³-hybridized carbons (Fsp3) is 0.375. The number of hydrogen-bond acceptors (Lipinski definition) is 2. The summed E-state index contributed by atoms with van der Waals surface area (Å²) >= 11 is 0. The van der Waals surface area contributed by atoms with Crippen molar-refractivity contribution in [2.75, 3.05) is 0 Å². The molecule has 106 valence electrons. The van der Waals surface area contributed by atoms with Gasteiger partial charge in [0.05, 0.1) is 0 Å². The molecule has 0 aliphatic heterocycles. The lowest BCUT2D eigenvalue weighted by atomic mass is 10.1. The summed E-state index contributed by atoms with van der Waals surface area (Å²) in [5.41, 5.74) is 1.61. The van der Waals surface area contributed by atoms with Crippen LogP contribution in [-0.4, -0.2) is 22.8 Å². The number of rotatable bonds is 5. The Kier molecular flexibility index (Phi) is 4.23.